The molecule has 15 heavy (non-hydrogen) atoms. The fourth-order valence-corrected chi connectivity index (χ4v) is 1.98. The minimum atomic E-state index is 0.179. The number of nitrogens with one attached hydrogen (secondary N) is 1. The molecule has 1 rings (SSSR count). The highest BCUT2D eigenvalue weighted by atomic mass is 32.1. The van der Waals surface area contributed by atoms with Gasteiger partial charge >= 0.3 is 0 Å². The highest BCUT2D eigenvalue weighted by Crippen LogP contribution is 2.28. The molecule has 0 aromatic carbocycles. The van der Waals surface area contributed by atoms with Crippen LogP contribution in [0.15, 0.2) is 17.2 Å². The van der Waals surface area contributed by atoms with E-state index in [1.165, 1.54) is 4.88 Å². The van der Waals surface area contributed by atoms with Crippen LogP contribution >= 0.6 is 23.6 Å². The van der Waals surface area contributed by atoms with Crippen LogP contribution in [0.4, 0.5) is 0 Å². The van der Waals surface area contributed by atoms with Gasteiger partial charge in [-0.05, 0) is 29.8 Å². The smallest absolute Gasteiger partial charge is 0.184 e. The lowest BCUT2D eigenvalue weighted by atomic mass is 9.95. The van der Waals surface area contributed by atoms with E-state index < -0.39 is 0 Å². The number of hydrazone groups is 1. The Morgan fingerprint density at radius 3 is 2.67 bits per heavy atom. The Morgan fingerprint density at radius 2 is 2.20 bits per heavy atom. The molecule has 0 saturated carbocycles. The molecule has 5 heteroatoms. The van der Waals surface area contributed by atoms with E-state index in [1.54, 1.807) is 17.6 Å². The van der Waals surface area contributed by atoms with Crippen LogP contribution in [-0.4, -0.2) is 11.3 Å². The second-order valence-electron chi connectivity index (χ2n) is 4.19. The van der Waals surface area contributed by atoms with E-state index in [1.807, 2.05) is 6.07 Å². The molecule has 1 heterocycles. The van der Waals surface area contributed by atoms with Gasteiger partial charge in [-0.25, -0.2) is 0 Å². The lowest BCUT2D eigenvalue weighted by Crippen LogP contribution is -2.23. The highest BCUT2D eigenvalue weighted by molar-refractivity contribution is 7.80. The van der Waals surface area contributed by atoms with Gasteiger partial charge in [0.25, 0.3) is 0 Å². The van der Waals surface area contributed by atoms with Crippen LogP contribution in [-0.2, 0) is 5.41 Å². The summed E-state index contributed by atoms with van der Waals surface area (Å²) in [5.74, 6) is 0. The summed E-state index contributed by atoms with van der Waals surface area (Å²) in [6.07, 6.45) is 1.72. The summed E-state index contributed by atoms with van der Waals surface area (Å²) in [7, 11) is 0. The number of hydrogen-bond donors (Lipinski definition) is 2. The maximum absolute atomic E-state index is 5.24. The Morgan fingerprint density at radius 1 is 1.53 bits per heavy atom. The van der Waals surface area contributed by atoms with Crippen LogP contribution in [0.1, 0.15) is 30.5 Å². The van der Waals surface area contributed by atoms with Crippen molar-refractivity contribution in [1.29, 1.82) is 0 Å². The van der Waals surface area contributed by atoms with Gasteiger partial charge in [-0.2, -0.15) is 5.10 Å². The molecule has 0 fully saturated rings. The third-order valence-corrected chi connectivity index (χ3v) is 3.27. The molecule has 0 amide bonds. The molecule has 0 atom stereocenters. The minimum absolute atomic E-state index is 0.179. The van der Waals surface area contributed by atoms with E-state index in [2.05, 4.69) is 49.6 Å². The normalized spacial score (nSPS) is 11.9. The fraction of sp³-hybridized carbons (Fsp3) is 0.400. The molecule has 0 aliphatic carbocycles. The molecular weight excluding hydrogens is 226 g/mol. The lowest BCUT2D eigenvalue weighted by Gasteiger charge is -2.14. The summed E-state index contributed by atoms with van der Waals surface area (Å²) in [5.41, 5.74) is 7.96. The Bertz CT molecular complexity index is 374. The summed E-state index contributed by atoms with van der Waals surface area (Å²) in [6.45, 7) is 6.56. The molecule has 0 saturated heterocycles. The molecule has 0 spiro atoms. The van der Waals surface area contributed by atoms with Gasteiger partial charge in [0.2, 0.25) is 0 Å². The SMILES string of the molecule is CC(C)(C)c1ccc(C=NNC(N)=S)s1. The van der Waals surface area contributed by atoms with Crippen LogP contribution in [0.25, 0.3) is 0 Å². The van der Waals surface area contributed by atoms with Gasteiger partial charge < -0.3 is 5.73 Å². The molecule has 3 N–H and O–H groups in total. The Hall–Kier alpha value is -0.940. The van der Waals surface area contributed by atoms with E-state index in [0.717, 1.165) is 4.88 Å². The Balaban J connectivity index is 2.69. The van der Waals surface area contributed by atoms with Crippen molar-refractivity contribution < 1.29 is 0 Å². The molecule has 1 aromatic rings. The molecule has 3 nitrogen and oxygen atoms in total. The number of nitrogens with two attached hydrogens (primary N) is 1. The quantitative estimate of drug-likeness (QED) is 0.474. The molecule has 0 bridgehead atoms. The highest BCUT2D eigenvalue weighted by Gasteiger charge is 2.15. The summed E-state index contributed by atoms with van der Waals surface area (Å²) in [5, 5.41) is 4.09. The number of hydrogen-bond acceptors (Lipinski definition) is 3. The standard InChI is InChI=1S/C10H15N3S2/c1-10(2,3)8-5-4-7(15-8)6-12-13-9(11)14/h4-6H,1-3H3,(H3,11,13,14). The van der Waals surface area contributed by atoms with Crippen molar-refractivity contribution in [2.75, 3.05) is 0 Å². The summed E-state index contributed by atoms with van der Waals surface area (Å²) < 4.78 is 0. The number of nitrogens with zero attached hydrogens (tertiary/aromatic N) is 1. The first kappa shape index (κ1) is 12.1. The maximum atomic E-state index is 5.24. The van der Waals surface area contributed by atoms with Gasteiger partial charge in [-0.3, -0.25) is 5.43 Å². The second kappa shape index (κ2) is 4.72. The van der Waals surface area contributed by atoms with Crippen molar-refractivity contribution >= 4 is 34.9 Å². The van der Waals surface area contributed by atoms with Crippen LogP contribution < -0.4 is 11.2 Å². The first-order valence-electron chi connectivity index (χ1n) is 4.58. The van der Waals surface area contributed by atoms with Crippen LogP contribution in [0, 0.1) is 0 Å². The van der Waals surface area contributed by atoms with E-state index >= 15 is 0 Å². The average molecular weight is 241 g/mol. The molecular formula is C10H15N3S2. The third-order valence-electron chi connectivity index (χ3n) is 1.73. The van der Waals surface area contributed by atoms with E-state index in [9.17, 15) is 0 Å². The first-order valence-corrected chi connectivity index (χ1v) is 5.81. The molecule has 0 aliphatic rings. The predicted octanol–water partition coefficient (Wildman–Crippen LogP) is 2.21. The molecule has 0 aliphatic heterocycles. The van der Waals surface area contributed by atoms with Gasteiger partial charge in [-0.1, -0.05) is 20.8 Å². The van der Waals surface area contributed by atoms with Gasteiger partial charge in [0.15, 0.2) is 5.11 Å². The first-order chi connectivity index (χ1) is 6.89. The molecule has 1 aromatic heterocycles. The zero-order valence-corrected chi connectivity index (χ0v) is 10.7. The minimum Gasteiger partial charge on any atom is -0.375 e. The van der Waals surface area contributed by atoms with Crippen LogP contribution in [0.5, 0.6) is 0 Å². The van der Waals surface area contributed by atoms with Gasteiger partial charge in [0.05, 0.1) is 6.21 Å². The zero-order chi connectivity index (χ0) is 11.5. The van der Waals surface area contributed by atoms with Crippen molar-refractivity contribution in [3.63, 3.8) is 0 Å². The number of thiocarbonyl (C=S) groups is 1. The van der Waals surface area contributed by atoms with E-state index in [-0.39, 0.29) is 10.5 Å². The van der Waals surface area contributed by atoms with Gasteiger partial charge in [0.1, 0.15) is 0 Å². The predicted molar refractivity (Wildman–Crippen MR) is 70.5 cm³/mol. The summed E-state index contributed by atoms with van der Waals surface area (Å²) in [6, 6.07) is 4.16. The molecule has 0 unspecified atom stereocenters. The number of rotatable bonds is 2. The van der Waals surface area contributed by atoms with Crippen molar-refractivity contribution in [3.05, 3.63) is 21.9 Å². The van der Waals surface area contributed by atoms with E-state index in [4.69, 9.17) is 5.73 Å². The van der Waals surface area contributed by atoms with Crippen molar-refractivity contribution in [2.45, 2.75) is 26.2 Å². The Kier molecular flexibility index (Phi) is 3.82. The lowest BCUT2D eigenvalue weighted by molar-refractivity contribution is 0.604. The molecule has 0 radical (unpaired) electrons. The van der Waals surface area contributed by atoms with E-state index in [0.29, 0.717) is 0 Å². The van der Waals surface area contributed by atoms with Crippen molar-refractivity contribution in [1.82, 2.24) is 5.43 Å². The maximum Gasteiger partial charge on any atom is 0.184 e. The van der Waals surface area contributed by atoms with Gasteiger partial charge in [-0.15, -0.1) is 11.3 Å². The largest absolute Gasteiger partial charge is 0.375 e. The zero-order valence-electron chi connectivity index (χ0n) is 9.07. The fourth-order valence-electron chi connectivity index (χ4n) is 0.985. The number of thiophene rings is 1. The monoisotopic (exact) mass is 241 g/mol. The molecule has 82 valence electrons. The average Bonchev–Trinajstić information content (AvgIpc) is 2.51. The van der Waals surface area contributed by atoms with Crippen molar-refractivity contribution in [2.24, 2.45) is 10.8 Å². The third kappa shape index (κ3) is 3.97. The van der Waals surface area contributed by atoms with Crippen LogP contribution in [0.3, 0.4) is 0 Å². The second-order valence-corrected chi connectivity index (χ2v) is 5.74. The topological polar surface area (TPSA) is 50.4 Å². The summed E-state index contributed by atoms with van der Waals surface area (Å²) >= 11 is 6.35. The van der Waals surface area contributed by atoms with Crippen LogP contribution in [0.2, 0.25) is 0 Å². The van der Waals surface area contributed by atoms with Gasteiger partial charge in [0, 0.05) is 9.75 Å². The van der Waals surface area contributed by atoms with Crippen molar-refractivity contribution in [3.8, 4) is 0 Å². The summed E-state index contributed by atoms with van der Waals surface area (Å²) in [4.78, 5) is 2.42. The Labute approximate surface area is 99.4 Å².